The van der Waals surface area contributed by atoms with Gasteiger partial charge < -0.3 is 15.1 Å². The number of fused-ring (bicyclic) bond motifs is 2. The van der Waals surface area contributed by atoms with E-state index in [1.54, 1.807) is 21.6 Å². The highest BCUT2D eigenvalue weighted by Gasteiger charge is 2.33. The molecule has 2 aliphatic heterocycles. The molecule has 0 amide bonds. The molecule has 4 aromatic rings. The molecule has 1 saturated carbocycles. The van der Waals surface area contributed by atoms with E-state index in [-0.39, 0.29) is 5.56 Å². The smallest absolute Gasteiger partial charge is 0.278 e. The second-order valence-electron chi connectivity index (χ2n) is 11.6. The van der Waals surface area contributed by atoms with Gasteiger partial charge in [0, 0.05) is 48.8 Å². The number of likely N-dealkylation sites (tertiary alicyclic amines) is 1. The van der Waals surface area contributed by atoms with Gasteiger partial charge in [-0.05, 0) is 87.5 Å². The molecule has 1 N–H and O–H groups in total. The first-order chi connectivity index (χ1) is 19.6. The Morgan fingerprint density at radius 2 is 1.80 bits per heavy atom. The Labute approximate surface area is 234 Å². The first-order valence-electron chi connectivity index (χ1n) is 14.4. The number of allylic oxidation sites excluding steroid dienone is 1. The van der Waals surface area contributed by atoms with Gasteiger partial charge in [0.05, 0.1) is 6.54 Å². The van der Waals surface area contributed by atoms with E-state index in [9.17, 15) is 4.79 Å². The fourth-order valence-electron chi connectivity index (χ4n) is 6.42. The minimum Gasteiger partial charge on any atom is -0.371 e. The zero-order chi connectivity index (χ0) is 27.2. The van der Waals surface area contributed by atoms with Gasteiger partial charge >= 0.3 is 0 Å². The highest BCUT2D eigenvalue weighted by Crippen LogP contribution is 2.39. The number of nitrogens with zero attached hydrogens (tertiary/aromatic N) is 7. The highest BCUT2D eigenvalue weighted by molar-refractivity contribution is 5.77. The molecule has 3 aromatic heterocycles. The van der Waals surface area contributed by atoms with Crippen LogP contribution in [0, 0.1) is 11.8 Å². The summed E-state index contributed by atoms with van der Waals surface area (Å²) in [5.41, 5.74) is 3.60. The predicted molar refractivity (Wildman–Crippen MR) is 159 cm³/mol. The first kappa shape index (κ1) is 25.0. The first-order valence-corrected chi connectivity index (χ1v) is 14.4. The molecule has 2 saturated heterocycles. The molecule has 1 aromatic carbocycles. The number of piperidine rings is 2. The van der Waals surface area contributed by atoms with E-state index >= 15 is 0 Å². The van der Waals surface area contributed by atoms with Gasteiger partial charge in [-0.15, -0.1) is 6.58 Å². The van der Waals surface area contributed by atoms with Crippen LogP contribution >= 0.6 is 0 Å². The maximum atomic E-state index is 13.3. The number of aromatic nitrogens is 5. The molecule has 206 valence electrons. The Kier molecular flexibility index (Phi) is 6.38. The van der Waals surface area contributed by atoms with Gasteiger partial charge in [-0.2, -0.15) is 4.98 Å². The van der Waals surface area contributed by atoms with Crippen molar-refractivity contribution in [3.05, 3.63) is 77.4 Å². The number of benzene rings is 1. The lowest BCUT2D eigenvalue weighted by Crippen LogP contribution is -2.48. The molecule has 5 heterocycles. The van der Waals surface area contributed by atoms with Gasteiger partial charge in [-0.25, -0.2) is 19.3 Å². The zero-order valence-corrected chi connectivity index (χ0v) is 23.0. The minimum absolute atomic E-state index is 0.155. The van der Waals surface area contributed by atoms with Crippen molar-refractivity contribution in [3.63, 3.8) is 0 Å². The number of hydrogen-bond acceptors (Lipinski definition) is 7. The third-order valence-corrected chi connectivity index (χ3v) is 8.75. The molecule has 0 radical (unpaired) electrons. The zero-order valence-electron chi connectivity index (χ0n) is 23.0. The lowest BCUT2D eigenvalue weighted by molar-refractivity contribution is 0.125. The van der Waals surface area contributed by atoms with Crippen LogP contribution in [0.15, 0.2) is 66.1 Å². The van der Waals surface area contributed by atoms with Crippen molar-refractivity contribution < 1.29 is 0 Å². The van der Waals surface area contributed by atoms with Crippen LogP contribution < -0.4 is 15.8 Å². The average Bonchev–Trinajstić information content (AvgIpc) is 3.79. The molecule has 2 unspecified atom stereocenters. The number of nitrogens with one attached hydrogen (secondary N) is 1. The summed E-state index contributed by atoms with van der Waals surface area (Å²) in [6, 6.07) is 14.5. The van der Waals surface area contributed by atoms with Crippen molar-refractivity contribution >= 4 is 28.4 Å². The Balaban J connectivity index is 1.15. The summed E-state index contributed by atoms with van der Waals surface area (Å²) < 4.78 is 3.42. The van der Waals surface area contributed by atoms with Gasteiger partial charge in [-0.3, -0.25) is 4.79 Å². The Morgan fingerprint density at radius 3 is 2.60 bits per heavy atom. The van der Waals surface area contributed by atoms with Crippen molar-refractivity contribution in [2.24, 2.45) is 11.8 Å². The van der Waals surface area contributed by atoms with Crippen LogP contribution in [-0.2, 0) is 6.54 Å². The SMILES string of the molecule is C=CCn1c(=O)c2cnc(Nc3ccc(N4CCC5CN(C)CCC5C4)cc3)nc2n1-c1cccc(C2CC2)n1. The maximum Gasteiger partial charge on any atom is 0.278 e. The largest absolute Gasteiger partial charge is 0.371 e. The lowest BCUT2D eigenvalue weighted by Gasteiger charge is -2.44. The van der Waals surface area contributed by atoms with Gasteiger partial charge in [0.2, 0.25) is 5.95 Å². The number of pyridine rings is 1. The van der Waals surface area contributed by atoms with Crippen LogP contribution in [0.3, 0.4) is 0 Å². The van der Waals surface area contributed by atoms with E-state index in [4.69, 9.17) is 9.97 Å². The monoisotopic (exact) mass is 536 g/mol. The van der Waals surface area contributed by atoms with Crippen LogP contribution in [0.2, 0.25) is 0 Å². The molecule has 2 atom stereocenters. The molecular weight excluding hydrogens is 500 g/mol. The molecule has 0 spiro atoms. The summed E-state index contributed by atoms with van der Waals surface area (Å²) >= 11 is 0. The van der Waals surface area contributed by atoms with E-state index in [2.05, 4.69) is 64.1 Å². The normalized spacial score (nSPS) is 21.4. The Hall–Kier alpha value is -3.98. The fourth-order valence-corrected chi connectivity index (χ4v) is 6.42. The van der Waals surface area contributed by atoms with Crippen molar-refractivity contribution in [1.82, 2.24) is 29.2 Å². The number of rotatable bonds is 7. The van der Waals surface area contributed by atoms with Crippen LogP contribution in [-0.4, -0.2) is 62.4 Å². The summed E-state index contributed by atoms with van der Waals surface area (Å²) in [6.45, 7) is 8.88. The van der Waals surface area contributed by atoms with Crippen molar-refractivity contribution in [2.75, 3.05) is 43.4 Å². The van der Waals surface area contributed by atoms with E-state index in [1.165, 1.54) is 31.6 Å². The average molecular weight is 537 g/mol. The number of hydrogen-bond donors (Lipinski definition) is 1. The van der Waals surface area contributed by atoms with E-state index in [1.807, 2.05) is 12.1 Å². The quantitative estimate of drug-likeness (QED) is 0.347. The summed E-state index contributed by atoms with van der Waals surface area (Å²) in [4.78, 5) is 32.4. The van der Waals surface area contributed by atoms with E-state index < -0.39 is 0 Å². The van der Waals surface area contributed by atoms with Crippen LogP contribution in [0.5, 0.6) is 0 Å². The Bertz CT molecular complexity index is 1600. The summed E-state index contributed by atoms with van der Waals surface area (Å²) in [7, 11) is 2.25. The summed E-state index contributed by atoms with van der Waals surface area (Å²) in [6.07, 6.45) is 8.19. The van der Waals surface area contributed by atoms with Gasteiger partial charge in [0.25, 0.3) is 5.56 Å². The standard InChI is InChI=1S/C31H36N8O/c1-3-15-38-30(40)26-18-32-31(35-29(26)39(38)28-6-4-5-27(34-28)21-7-8-21)33-24-9-11-25(12-10-24)37-17-14-22-19-36(2)16-13-23(22)20-37/h3-6,9-12,18,21-23H,1,7-8,13-17,19-20H2,2H3,(H,32,33,35). The maximum absolute atomic E-state index is 13.3. The topological polar surface area (TPSA) is 84.1 Å². The Morgan fingerprint density at radius 1 is 1.00 bits per heavy atom. The van der Waals surface area contributed by atoms with Crippen molar-refractivity contribution in [1.29, 1.82) is 0 Å². The molecule has 9 heteroatoms. The summed E-state index contributed by atoms with van der Waals surface area (Å²) in [5, 5.41) is 3.80. The van der Waals surface area contributed by atoms with Gasteiger partial charge in [0.1, 0.15) is 5.39 Å². The molecule has 7 rings (SSSR count). The highest BCUT2D eigenvalue weighted by atomic mass is 16.1. The number of anilines is 3. The predicted octanol–water partition coefficient (Wildman–Crippen LogP) is 4.56. The molecule has 40 heavy (non-hydrogen) atoms. The molecule has 9 nitrogen and oxygen atoms in total. The molecule has 0 bridgehead atoms. The molecule has 3 aliphatic rings. The van der Waals surface area contributed by atoms with Crippen molar-refractivity contribution in [3.8, 4) is 5.82 Å². The van der Waals surface area contributed by atoms with Crippen LogP contribution in [0.1, 0.15) is 37.3 Å². The summed E-state index contributed by atoms with van der Waals surface area (Å²) in [5.74, 6) is 3.24. The third-order valence-electron chi connectivity index (χ3n) is 8.75. The van der Waals surface area contributed by atoms with Crippen LogP contribution in [0.4, 0.5) is 17.3 Å². The van der Waals surface area contributed by atoms with Gasteiger partial charge in [0.15, 0.2) is 11.5 Å². The molecule has 1 aliphatic carbocycles. The second-order valence-corrected chi connectivity index (χ2v) is 11.6. The molecule has 3 fully saturated rings. The van der Waals surface area contributed by atoms with E-state index in [0.29, 0.717) is 35.3 Å². The molecular formula is C31H36N8O. The fraction of sp³-hybridized carbons (Fsp3) is 0.419. The minimum atomic E-state index is -0.155. The van der Waals surface area contributed by atoms with Crippen molar-refractivity contribution in [2.45, 2.75) is 38.1 Å². The third kappa shape index (κ3) is 4.68. The van der Waals surface area contributed by atoms with E-state index in [0.717, 1.165) is 49.1 Å². The van der Waals surface area contributed by atoms with Crippen LogP contribution in [0.25, 0.3) is 16.9 Å². The second kappa shape index (κ2) is 10.2. The lowest BCUT2D eigenvalue weighted by atomic mass is 9.80. The van der Waals surface area contributed by atoms with Gasteiger partial charge in [-0.1, -0.05) is 12.1 Å².